The highest BCUT2D eigenvalue weighted by Crippen LogP contribution is 2.24. The molecule has 1 aliphatic heterocycles. The van der Waals surface area contributed by atoms with E-state index in [2.05, 4.69) is 62.3 Å². The maximum absolute atomic E-state index is 5.84. The molecule has 1 aliphatic rings. The van der Waals surface area contributed by atoms with Gasteiger partial charge in [-0.15, -0.1) is 0 Å². The maximum atomic E-state index is 5.84. The van der Waals surface area contributed by atoms with Crippen LogP contribution in [0.15, 0.2) is 24.3 Å². The highest BCUT2D eigenvalue weighted by molar-refractivity contribution is 5.31. The van der Waals surface area contributed by atoms with Crippen LogP contribution in [-0.4, -0.2) is 44.2 Å². The molecule has 3 nitrogen and oxygen atoms in total. The van der Waals surface area contributed by atoms with E-state index >= 15 is 0 Å². The summed E-state index contributed by atoms with van der Waals surface area (Å²) in [5.41, 5.74) is 1.55. The van der Waals surface area contributed by atoms with Gasteiger partial charge >= 0.3 is 0 Å². The van der Waals surface area contributed by atoms with E-state index in [0.717, 1.165) is 32.0 Å². The average molecular weight is 276 g/mol. The van der Waals surface area contributed by atoms with Crippen LogP contribution in [0, 0.1) is 0 Å². The summed E-state index contributed by atoms with van der Waals surface area (Å²) in [5.74, 6) is 0.968. The second-order valence-corrected chi connectivity index (χ2v) is 6.75. The molecule has 1 aromatic rings. The molecule has 1 fully saturated rings. The highest BCUT2D eigenvalue weighted by Gasteiger charge is 2.18. The quantitative estimate of drug-likeness (QED) is 0.895. The van der Waals surface area contributed by atoms with Crippen molar-refractivity contribution in [3.63, 3.8) is 0 Å². The summed E-state index contributed by atoms with van der Waals surface area (Å²) in [6.07, 6.45) is 1.25. The molecule has 0 aliphatic carbocycles. The van der Waals surface area contributed by atoms with E-state index in [9.17, 15) is 0 Å². The number of nitrogens with zero attached hydrogens (tertiary/aromatic N) is 1. The molecule has 1 saturated heterocycles. The highest BCUT2D eigenvalue weighted by atomic mass is 16.5. The average Bonchev–Trinajstić information content (AvgIpc) is 2.92. The van der Waals surface area contributed by atoms with Crippen LogP contribution < -0.4 is 10.1 Å². The van der Waals surface area contributed by atoms with Gasteiger partial charge in [-0.2, -0.15) is 0 Å². The number of rotatable bonds is 5. The van der Waals surface area contributed by atoms with Crippen molar-refractivity contribution in [3.8, 4) is 5.75 Å². The van der Waals surface area contributed by atoms with Crippen LogP contribution in [0.2, 0.25) is 0 Å². The lowest BCUT2D eigenvalue weighted by Gasteiger charge is -2.23. The monoisotopic (exact) mass is 276 g/mol. The Hall–Kier alpha value is -1.06. The van der Waals surface area contributed by atoms with Gasteiger partial charge in [0.05, 0.1) is 0 Å². The molecule has 1 aromatic carbocycles. The molecular formula is C17H28N2O. The zero-order chi connectivity index (χ0) is 14.6. The smallest absolute Gasteiger partial charge is 0.119 e. The second kappa shape index (κ2) is 6.59. The number of ether oxygens (including phenoxy) is 1. The third kappa shape index (κ3) is 4.22. The van der Waals surface area contributed by atoms with Gasteiger partial charge in [0.1, 0.15) is 12.4 Å². The van der Waals surface area contributed by atoms with Crippen LogP contribution in [-0.2, 0) is 5.41 Å². The minimum atomic E-state index is 0.203. The van der Waals surface area contributed by atoms with E-state index in [-0.39, 0.29) is 5.41 Å². The van der Waals surface area contributed by atoms with Gasteiger partial charge in [0.2, 0.25) is 0 Å². The van der Waals surface area contributed by atoms with Crippen molar-refractivity contribution in [3.05, 3.63) is 29.8 Å². The van der Waals surface area contributed by atoms with Gasteiger partial charge in [0, 0.05) is 19.1 Å². The minimum absolute atomic E-state index is 0.203. The summed E-state index contributed by atoms with van der Waals surface area (Å²) in [5, 5.41) is 3.40. The first-order valence-corrected chi connectivity index (χ1v) is 7.61. The van der Waals surface area contributed by atoms with Crippen molar-refractivity contribution in [2.24, 2.45) is 0 Å². The predicted molar refractivity (Wildman–Crippen MR) is 84.5 cm³/mol. The summed E-state index contributed by atoms with van der Waals surface area (Å²) in [6.45, 7) is 10.7. The fourth-order valence-electron chi connectivity index (χ4n) is 2.56. The molecule has 20 heavy (non-hydrogen) atoms. The summed E-state index contributed by atoms with van der Waals surface area (Å²) < 4.78 is 5.84. The molecule has 3 heteroatoms. The number of nitrogens with one attached hydrogen (secondary N) is 1. The standard InChI is InChI=1S/C17H28N2O/c1-17(2,3)14-5-7-16(8-6-14)20-12-11-19(4)15-9-10-18-13-15/h5-8,15,18H,9-13H2,1-4H3. The zero-order valence-corrected chi connectivity index (χ0v) is 13.3. The Kier molecular flexibility index (Phi) is 5.06. The summed E-state index contributed by atoms with van der Waals surface area (Å²) in [4.78, 5) is 2.39. The SMILES string of the molecule is CN(CCOc1ccc(C(C)(C)C)cc1)C1CCNC1. The van der Waals surface area contributed by atoms with Gasteiger partial charge in [-0.25, -0.2) is 0 Å². The first kappa shape index (κ1) is 15.3. The van der Waals surface area contributed by atoms with Crippen LogP contribution >= 0.6 is 0 Å². The normalized spacial score (nSPS) is 19.6. The fourth-order valence-corrected chi connectivity index (χ4v) is 2.56. The fraction of sp³-hybridized carbons (Fsp3) is 0.647. The van der Waals surface area contributed by atoms with Crippen LogP contribution in [0.4, 0.5) is 0 Å². The van der Waals surface area contributed by atoms with E-state index in [1.165, 1.54) is 12.0 Å². The molecule has 1 heterocycles. The molecule has 2 rings (SSSR count). The summed E-state index contributed by atoms with van der Waals surface area (Å²) in [6, 6.07) is 9.16. The maximum Gasteiger partial charge on any atom is 0.119 e. The molecule has 0 bridgehead atoms. The van der Waals surface area contributed by atoms with Gasteiger partial charge in [-0.1, -0.05) is 32.9 Å². The topological polar surface area (TPSA) is 24.5 Å². The van der Waals surface area contributed by atoms with E-state index in [1.807, 2.05) is 0 Å². The lowest BCUT2D eigenvalue weighted by atomic mass is 9.87. The Balaban J connectivity index is 1.76. The summed E-state index contributed by atoms with van der Waals surface area (Å²) in [7, 11) is 2.18. The Bertz CT molecular complexity index is 402. The molecule has 0 spiro atoms. The molecule has 0 radical (unpaired) electrons. The lowest BCUT2D eigenvalue weighted by Crippen LogP contribution is -2.36. The molecule has 0 saturated carbocycles. The third-order valence-electron chi connectivity index (χ3n) is 4.09. The van der Waals surface area contributed by atoms with Crippen molar-refractivity contribution < 1.29 is 4.74 Å². The van der Waals surface area contributed by atoms with Gasteiger partial charge in [-0.3, -0.25) is 4.90 Å². The van der Waals surface area contributed by atoms with Crippen LogP contribution in [0.3, 0.4) is 0 Å². The second-order valence-electron chi connectivity index (χ2n) is 6.75. The molecular weight excluding hydrogens is 248 g/mol. The van der Waals surface area contributed by atoms with Gasteiger partial charge < -0.3 is 10.1 Å². The van der Waals surface area contributed by atoms with Crippen LogP contribution in [0.25, 0.3) is 0 Å². The van der Waals surface area contributed by atoms with E-state index in [0.29, 0.717) is 6.04 Å². The largest absolute Gasteiger partial charge is 0.492 e. The molecule has 0 amide bonds. The van der Waals surface area contributed by atoms with E-state index < -0.39 is 0 Å². The van der Waals surface area contributed by atoms with Gasteiger partial charge in [0.25, 0.3) is 0 Å². The zero-order valence-electron chi connectivity index (χ0n) is 13.3. The first-order chi connectivity index (χ1) is 9.47. The minimum Gasteiger partial charge on any atom is -0.492 e. The van der Waals surface area contributed by atoms with Crippen molar-refractivity contribution in [2.75, 3.05) is 33.3 Å². The van der Waals surface area contributed by atoms with Gasteiger partial charge in [-0.05, 0) is 43.1 Å². The lowest BCUT2D eigenvalue weighted by molar-refractivity contribution is 0.199. The molecule has 1 atom stereocenters. The molecule has 1 unspecified atom stereocenters. The van der Waals surface area contributed by atoms with E-state index in [1.54, 1.807) is 0 Å². The van der Waals surface area contributed by atoms with Crippen molar-refractivity contribution in [1.82, 2.24) is 10.2 Å². The van der Waals surface area contributed by atoms with Crippen LogP contribution in [0.1, 0.15) is 32.8 Å². The van der Waals surface area contributed by atoms with Crippen molar-refractivity contribution in [2.45, 2.75) is 38.6 Å². The number of benzene rings is 1. The number of hydrogen-bond donors (Lipinski definition) is 1. The molecule has 1 N–H and O–H groups in total. The van der Waals surface area contributed by atoms with Crippen LogP contribution in [0.5, 0.6) is 5.75 Å². The van der Waals surface area contributed by atoms with Gasteiger partial charge in [0.15, 0.2) is 0 Å². The Morgan fingerprint density at radius 1 is 1.25 bits per heavy atom. The Labute approximate surface area is 123 Å². The number of hydrogen-bond acceptors (Lipinski definition) is 3. The van der Waals surface area contributed by atoms with Crippen molar-refractivity contribution in [1.29, 1.82) is 0 Å². The van der Waals surface area contributed by atoms with Crippen molar-refractivity contribution >= 4 is 0 Å². The first-order valence-electron chi connectivity index (χ1n) is 7.61. The van der Waals surface area contributed by atoms with E-state index in [4.69, 9.17) is 4.74 Å². The Morgan fingerprint density at radius 3 is 2.50 bits per heavy atom. The molecule has 0 aromatic heterocycles. The Morgan fingerprint density at radius 2 is 1.95 bits per heavy atom. The number of likely N-dealkylation sites (N-methyl/N-ethyl adjacent to an activating group) is 1. The molecule has 112 valence electrons. The third-order valence-corrected chi connectivity index (χ3v) is 4.09. The predicted octanol–water partition coefficient (Wildman–Crippen LogP) is 2.66. The summed E-state index contributed by atoms with van der Waals surface area (Å²) >= 11 is 0.